The Labute approximate surface area is 119 Å². The Kier molecular flexibility index (Phi) is 5.94. The fraction of sp³-hybridized carbons (Fsp3) is 0.667. The van der Waals surface area contributed by atoms with Gasteiger partial charge < -0.3 is 10.0 Å². The molecule has 0 aliphatic heterocycles. The lowest BCUT2D eigenvalue weighted by Crippen LogP contribution is -2.30. The fourth-order valence-corrected chi connectivity index (χ4v) is 4.64. The highest BCUT2D eigenvalue weighted by Crippen LogP contribution is 2.29. The molecule has 7 heteroatoms. The number of aryl methyl sites for hydroxylation is 1. The maximum absolute atomic E-state index is 12.5. The quantitative estimate of drug-likeness (QED) is 0.820. The third-order valence-corrected chi connectivity index (χ3v) is 6.19. The first-order chi connectivity index (χ1) is 8.80. The number of hydrogen-bond donors (Lipinski definition) is 1. The normalized spacial score (nSPS) is 12.6. The Bertz CT molecular complexity index is 509. The molecule has 1 aromatic rings. The number of aliphatic hydroxyl groups is 1. The largest absolute Gasteiger partial charge is 0.391 e. The van der Waals surface area contributed by atoms with Crippen molar-refractivity contribution in [1.82, 2.24) is 9.21 Å². The first-order valence-electron chi connectivity index (χ1n) is 6.09. The second kappa shape index (κ2) is 6.81. The average molecular weight is 306 g/mol. The molecule has 19 heavy (non-hydrogen) atoms. The Morgan fingerprint density at radius 3 is 2.42 bits per heavy atom. The van der Waals surface area contributed by atoms with Gasteiger partial charge >= 0.3 is 0 Å². The van der Waals surface area contributed by atoms with Gasteiger partial charge in [0.1, 0.15) is 4.90 Å². The highest BCUT2D eigenvalue weighted by Gasteiger charge is 2.26. The zero-order chi connectivity index (χ0) is 14.6. The molecule has 0 bridgehead atoms. The molecule has 0 aliphatic rings. The Hall–Kier alpha value is -0.470. The molecular weight excluding hydrogens is 284 g/mol. The summed E-state index contributed by atoms with van der Waals surface area (Å²) in [5.74, 6) is 0. The lowest BCUT2D eigenvalue weighted by molar-refractivity contribution is 0.282. The van der Waals surface area contributed by atoms with E-state index in [9.17, 15) is 13.5 Å². The topological polar surface area (TPSA) is 60.9 Å². The minimum atomic E-state index is -3.50. The van der Waals surface area contributed by atoms with Crippen molar-refractivity contribution in [2.45, 2.75) is 24.8 Å². The van der Waals surface area contributed by atoms with Gasteiger partial charge in [0.25, 0.3) is 0 Å². The molecular formula is C12H22N2O3S2. The van der Waals surface area contributed by atoms with E-state index in [0.29, 0.717) is 17.0 Å². The minimum Gasteiger partial charge on any atom is -0.391 e. The summed E-state index contributed by atoms with van der Waals surface area (Å²) >= 11 is 1.29. The van der Waals surface area contributed by atoms with Crippen LogP contribution in [0.25, 0.3) is 0 Å². The van der Waals surface area contributed by atoms with Crippen LogP contribution in [-0.4, -0.2) is 57.0 Å². The van der Waals surface area contributed by atoms with Crippen molar-refractivity contribution in [2.24, 2.45) is 0 Å². The summed E-state index contributed by atoms with van der Waals surface area (Å²) in [7, 11) is 2.00. The van der Waals surface area contributed by atoms with E-state index >= 15 is 0 Å². The summed E-state index contributed by atoms with van der Waals surface area (Å²) in [4.78, 5) is 2.81. The van der Waals surface area contributed by atoms with E-state index in [1.807, 2.05) is 19.0 Å². The lowest BCUT2D eigenvalue weighted by Gasteiger charge is -2.19. The molecule has 0 radical (unpaired) electrons. The van der Waals surface area contributed by atoms with Gasteiger partial charge in [-0.05, 0) is 44.9 Å². The van der Waals surface area contributed by atoms with Gasteiger partial charge in [-0.1, -0.05) is 0 Å². The van der Waals surface area contributed by atoms with Gasteiger partial charge in [0.2, 0.25) is 10.0 Å². The summed E-state index contributed by atoms with van der Waals surface area (Å²) in [6.45, 7) is 2.84. The van der Waals surface area contributed by atoms with Crippen LogP contribution in [0.1, 0.15) is 16.9 Å². The van der Waals surface area contributed by atoms with Gasteiger partial charge in [0.15, 0.2) is 0 Å². The van der Waals surface area contributed by atoms with E-state index in [2.05, 4.69) is 0 Å². The van der Waals surface area contributed by atoms with E-state index in [4.69, 9.17) is 0 Å². The van der Waals surface area contributed by atoms with Crippen LogP contribution in [-0.2, 0) is 16.6 Å². The Morgan fingerprint density at radius 2 is 1.89 bits per heavy atom. The zero-order valence-electron chi connectivity index (χ0n) is 11.9. The molecule has 0 saturated carbocycles. The molecule has 0 atom stereocenters. The molecule has 1 heterocycles. The van der Waals surface area contributed by atoms with Crippen LogP contribution in [0, 0.1) is 6.92 Å². The van der Waals surface area contributed by atoms with Crippen molar-refractivity contribution in [3.8, 4) is 0 Å². The number of hydrogen-bond acceptors (Lipinski definition) is 5. The fourth-order valence-electron chi connectivity index (χ4n) is 1.83. The van der Waals surface area contributed by atoms with Crippen LogP contribution < -0.4 is 0 Å². The average Bonchev–Trinajstić information content (AvgIpc) is 2.70. The van der Waals surface area contributed by atoms with Crippen LogP contribution >= 0.6 is 11.3 Å². The van der Waals surface area contributed by atoms with Gasteiger partial charge in [-0.2, -0.15) is 0 Å². The maximum atomic E-state index is 12.5. The summed E-state index contributed by atoms with van der Waals surface area (Å²) < 4.78 is 26.3. The number of nitrogens with zero attached hydrogens (tertiary/aromatic N) is 2. The van der Waals surface area contributed by atoms with E-state index < -0.39 is 10.0 Å². The van der Waals surface area contributed by atoms with Crippen molar-refractivity contribution in [3.05, 3.63) is 15.8 Å². The number of rotatable bonds is 7. The molecule has 0 aromatic carbocycles. The Morgan fingerprint density at radius 1 is 1.26 bits per heavy atom. The Balaban J connectivity index is 2.87. The smallest absolute Gasteiger partial charge is 0.244 e. The highest BCUT2D eigenvalue weighted by molar-refractivity contribution is 7.89. The number of aliphatic hydroxyl groups excluding tert-OH is 1. The second-order valence-corrected chi connectivity index (χ2v) is 7.76. The molecule has 0 unspecified atom stereocenters. The first-order valence-corrected chi connectivity index (χ1v) is 8.41. The SMILES string of the molecule is Cc1csc(CO)c1S(=O)(=O)N(C)CCCN(C)C. The number of thiophene rings is 1. The minimum absolute atomic E-state index is 0.237. The van der Waals surface area contributed by atoms with Gasteiger partial charge in [-0.15, -0.1) is 11.3 Å². The van der Waals surface area contributed by atoms with E-state index in [1.165, 1.54) is 15.6 Å². The number of sulfonamides is 1. The molecule has 0 saturated heterocycles. The molecule has 0 aliphatic carbocycles. The lowest BCUT2D eigenvalue weighted by atomic mass is 10.3. The highest BCUT2D eigenvalue weighted by atomic mass is 32.2. The van der Waals surface area contributed by atoms with Gasteiger partial charge in [0.05, 0.1) is 11.5 Å². The van der Waals surface area contributed by atoms with Crippen molar-refractivity contribution in [1.29, 1.82) is 0 Å². The monoisotopic (exact) mass is 306 g/mol. The summed E-state index contributed by atoms with van der Waals surface area (Å²) in [5, 5.41) is 11.0. The van der Waals surface area contributed by atoms with Crippen LogP contribution in [0.15, 0.2) is 10.3 Å². The molecule has 0 spiro atoms. The summed E-state index contributed by atoms with van der Waals surface area (Å²) in [6.07, 6.45) is 0.778. The summed E-state index contributed by atoms with van der Waals surface area (Å²) in [5.41, 5.74) is 0.702. The van der Waals surface area contributed by atoms with Crippen LogP contribution in [0.5, 0.6) is 0 Å². The van der Waals surface area contributed by atoms with Crippen LogP contribution in [0.4, 0.5) is 0 Å². The van der Waals surface area contributed by atoms with E-state index in [0.717, 1.165) is 13.0 Å². The third kappa shape index (κ3) is 4.00. The van der Waals surface area contributed by atoms with Gasteiger partial charge in [-0.25, -0.2) is 12.7 Å². The standard InChI is InChI=1S/C12H22N2O3S2/c1-10-9-18-11(8-15)12(10)19(16,17)14(4)7-5-6-13(2)3/h9,15H,5-8H2,1-4H3. The molecule has 1 rings (SSSR count). The van der Waals surface area contributed by atoms with E-state index in [-0.39, 0.29) is 11.5 Å². The second-order valence-electron chi connectivity index (χ2n) is 4.81. The molecule has 5 nitrogen and oxygen atoms in total. The first kappa shape index (κ1) is 16.6. The predicted molar refractivity (Wildman–Crippen MR) is 78.0 cm³/mol. The van der Waals surface area contributed by atoms with Crippen molar-refractivity contribution in [2.75, 3.05) is 34.2 Å². The predicted octanol–water partition coefficient (Wildman–Crippen LogP) is 1.12. The maximum Gasteiger partial charge on any atom is 0.244 e. The molecule has 0 amide bonds. The molecule has 110 valence electrons. The molecule has 1 aromatic heterocycles. The van der Waals surface area contributed by atoms with Crippen LogP contribution in [0.3, 0.4) is 0 Å². The third-order valence-electron chi connectivity index (χ3n) is 2.88. The molecule has 1 N–H and O–H groups in total. The summed E-state index contributed by atoms with van der Waals surface area (Å²) in [6, 6.07) is 0. The zero-order valence-corrected chi connectivity index (χ0v) is 13.5. The van der Waals surface area contributed by atoms with Gasteiger partial charge in [-0.3, -0.25) is 0 Å². The van der Waals surface area contributed by atoms with Crippen molar-refractivity contribution >= 4 is 21.4 Å². The molecule has 0 fully saturated rings. The van der Waals surface area contributed by atoms with Crippen molar-refractivity contribution < 1.29 is 13.5 Å². The van der Waals surface area contributed by atoms with E-state index in [1.54, 1.807) is 19.4 Å². The van der Waals surface area contributed by atoms with Crippen molar-refractivity contribution in [3.63, 3.8) is 0 Å². The van der Waals surface area contributed by atoms with Crippen LogP contribution in [0.2, 0.25) is 0 Å². The van der Waals surface area contributed by atoms with Gasteiger partial charge in [0, 0.05) is 13.6 Å².